The molecule has 0 bridgehead atoms. The van der Waals surface area contributed by atoms with Crippen molar-refractivity contribution in [2.45, 2.75) is 52.5 Å². The zero-order chi connectivity index (χ0) is 12.8. The minimum Gasteiger partial charge on any atom is -0.329 e. The minimum atomic E-state index is 0.256. The molecule has 0 amide bonds. The molecular formula is C15H30N2. The lowest BCUT2D eigenvalue weighted by molar-refractivity contribution is 0.0798. The van der Waals surface area contributed by atoms with E-state index in [-0.39, 0.29) is 5.54 Å². The highest BCUT2D eigenvalue weighted by Crippen LogP contribution is 2.50. The molecule has 0 radical (unpaired) electrons. The summed E-state index contributed by atoms with van der Waals surface area (Å²) in [4.78, 5) is 2.60. The summed E-state index contributed by atoms with van der Waals surface area (Å²) in [5, 5.41) is 0. The zero-order valence-electron chi connectivity index (χ0n) is 12.3. The van der Waals surface area contributed by atoms with E-state index in [1.807, 2.05) is 0 Å². The second-order valence-electron chi connectivity index (χ2n) is 7.61. The van der Waals surface area contributed by atoms with E-state index in [0.717, 1.165) is 24.3 Å². The highest BCUT2D eigenvalue weighted by atomic mass is 15.2. The van der Waals surface area contributed by atoms with Crippen LogP contribution in [-0.2, 0) is 0 Å². The third-order valence-electron chi connectivity index (χ3n) is 5.46. The Labute approximate surface area is 107 Å². The Kier molecular flexibility index (Phi) is 3.33. The number of nitrogens with two attached hydrogens (primary N) is 1. The molecule has 0 heterocycles. The van der Waals surface area contributed by atoms with Gasteiger partial charge in [-0.2, -0.15) is 0 Å². The van der Waals surface area contributed by atoms with Crippen molar-refractivity contribution < 1.29 is 0 Å². The first-order chi connectivity index (χ1) is 7.81. The molecule has 100 valence electrons. The van der Waals surface area contributed by atoms with Crippen LogP contribution in [0.5, 0.6) is 0 Å². The van der Waals surface area contributed by atoms with Gasteiger partial charge in [-0.15, -0.1) is 0 Å². The van der Waals surface area contributed by atoms with Gasteiger partial charge in [-0.25, -0.2) is 0 Å². The first-order valence-corrected chi connectivity index (χ1v) is 7.22. The van der Waals surface area contributed by atoms with Gasteiger partial charge in [0.25, 0.3) is 0 Å². The van der Waals surface area contributed by atoms with Crippen LogP contribution in [0.15, 0.2) is 0 Å². The maximum atomic E-state index is 6.17. The summed E-state index contributed by atoms with van der Waals surface area (Å²) < 4.78 is 0. The Balaban J connectivity index is 2.08. The van der Waals surface area contributed by atoms with Crippen LogP contribution in [0.2, 0.25) is 0 Å². The lowest BCUT2D eigenvalue weighted by atomic mass is 9.84. The fourth-order valence-electron chi connectivity index (χ4n) is 4.22. The van der Waals surface area contributed by atoms with Crippen molar-refractivity contribution >= 4 is 0 Å². The van der Waals surface area contributed by atoms with Gasteiger partial charge in [-0.3, -0.25) is 4.90 Å². The molecule has 2 aliphatic carbocycles. The Morgan fingerprint density at radius 2 is 1.88 bits per heavy atom. The molecule has 0 aliphatic heterocycles. The first kappa shape index (κ1) is 13.4. The normalized spacial score (nSPS) is 44.3. The van der Waals surface area contributed by atoms with Crippen LogP contribution in [0.4, 0.5) is 0 Å². The van der Waals surface area contributed by atoms with E-state index in [9.17, 15) is 0 Å². The van der Waals surface area contributed by atoms with Crippen LogP contribution >= 0.6 is 0 Å². The molecule has 4 atom stereocenters. The van der Waals surface area contributed by atoms with Gasteiger partial charge < -0.3 is 5.73 Å². The first-order valence-electron chi connectivity index (χ1n) is 7.22. The van der Waals surface area contributed by atoms with Crippen LogP contribution in [0.25, 0.3) is 0 Å². The molecule has 2 N–H and O–H groups in total. The summed E-state index contributed by atoms with van der Waals surface area (Å²) in [5.74, 6) is 2.60. The molecule has 2 rings (SSSR count). The highest BCUT2D eigenvalue weighted by Gasteiger charge is 2.51. The molecule has 2 nitrogen and oxygen atoms in total. The standard InChI is InChI=1S/C15H30N2/c1-11-6-13(11)8-17(5)15(10-16)9-14(3,4)7-12(15)2/h11-13H,6-10,16H2,1-5H3. The number of likely N-dealkylation sites (N-methyl/N-ethyl adjacent to an activating group) is 1. The second-order valence-corrected chi connectivity index (χ2v) is 7.61. The summed E-state index contributed by atoms with van der Waals surface area (Å²) in [6, 6.07) is 0. The largest absolute Gasteiger partial charge is 0.329 e. The number of nitrogens with zero attached hydrogens (tertiary/aromatic N) is 1. The average Bonchev–Trinajstić information content (AvgIpc) is 2.82. The Morgan fingerprint density at radius 1 is 1.29 bits per heavy atom. The van der Waals surface area contributed by atoms with Crippen LogP contribution in [0.1, 0.15) is 47.0 Å². The average molecular weight is 238 g/mol. The molecular weight excluding hydrogens is 208 g/mol. The highest BCUT2D eigenvalue weighted by molar-refractivity contribution is 5.06. The molecule has 0 aromatic carbocycles. The van der Waals surface area contributed by atoms with Crippen molar-refractivity contribution in [1.29, 1.82) is 0 Å². The molecule has 0 saturated heterocycles. The number of rotatable bonds is 4. The van der Waals surface area contributed by atoms with E-state index >= 15 is 0 Å². The molecule has 2 heteroatoms. The summed E-state index contributed by atoms with van der Waals surface area (Å²) in [6.07, 6.45) is 3.99. The van der Waals surface area contributed by atoms with Crippen LogP contribution in [0, 0.1) is 23.2 Å². The molecule has 2 saturated carbocycles. The summed E-state index contributed by atoms with van der Waals surface area (Å²) in [6.45, 7) is 11.6. The maximum Gasteiger partial charge on any atom is 0.0359 e. The summed E-state index contributed by atoms with van der Waals surface area (Å²) in [5.41, 5.74) is 6.89. The molecule has 2 aliphatic rings. The van der Waals surface area contributed by atoms with E-state index in [1.165, 1.54) is 25.8 Å². The van der Waals surface area contributed by atoms with E-state index in [2.05, 4.69) is 39.6 Å². The van der Waals surface area contributed by atoms with Gasteiger partial charge in [-0.1, -0.05) is 27.7 Å². The van der Waals surface area contributed by atoms with Gasteiger partial charge in [0.1, 0.15) is 0 Å². The fraction of sp³-hybridized carbons (Fsp3) is 1.00. The van der Waals surface area contributed by atoms with Crippen molar-refractivity contribution in [3.63, 3.8) is 0 Å². The van der Waals surface area contributed by atoms with Crippen molar-refractivity contribution in [3.05, 3.63) is 0 Å². The predicted molar refractivity (Wildman–Crippen MR) is 73.9 cm³/mol. The van der Waals surface area contributed by atoms with Gasteiger partial charge in [-0.05, 0) is 49.5 Å². The molecule has 4 unspecified atom stereocenters. The third-order valence-corrected chi connectivity index (χ3v) is 5.46. The van der Waals surface area contributed by atoms with Crippen LogP contribution in [-0.4, -0.2) is 30.6 Å². The number of hydrogen-bond donors (Lipinski definition) is 1. The fourth-order valence-corrected chi connectivity index (χ4v) is 4.22. The van der Waals surface area contributed by atoms with Gasteiger partial charge in [0, 0.05) is 18.6 Å². The van der Waals surface area contributed by atoms with E-state index in [0.29, 0.717) is 5.41 Å². The van der Waals surface area contributed by atoms with Crippen molar-refractivity contribution in [1.82, 2.24) is 4.90 Å². The smallest absolute Gasteiger partial charge is 0.0359 e. The van der Waals surface area contributed by atoms with Crippen molar-refractivity contribution in [3.8, 4) is 0 Å². The Hall–Kier alpha value is -0.0800. The van der Waals surface area contributed by atoms with Gasteiger partial charge in [0.2, 0.25) is 0 Å². The molecule has 0 aromatic rings. The molecule has 2 fully saturated rings. The Morgan fingerprint density at radius 3 is 2.24 bits per heavy atom. The second kappa shape index (κ2) is 4.24. The third kappa shape index (κ3) is 2.39. The van der Waals surface area contributed by atoms with E-state index in [4.69, 9.17) is 5.73 Å². The summed E-state index contributed by atoms with van der Waals surface area (Å²) in [7, 11) is 2.30. The van der Waals surface area contributed by atoms with E-state index in [1.54, 1.807) is 0 Å². The topological polar surface area (TPSA) is 29.3 Å². The van der Waals surface area contributed by atoms with Crippen LogP contribution in [0.3, 0.4) is 0 Å². The number of hydrogen-bond acceptors (Lipinski definition) is 2. The van der Waals surface area contributed by atoms with Gasteiger partial charge in [0.05, 0.1) is 0 Å². The predicted octanol–water partition coefficient (Wildman–Crippen LogP) is 2.73. The van der Waals surface area contributed by atoms with Crippen molar-refractivity contribution in [2.75, 3.05) is 20.1 Å². The molecule has 0 aromatic heterocycles. The minimum absolute atomic E-state index is 0.256. The SMILES string of the molecule is CC1CC1CN(C)C1(CN)CC(C)(C)CC1C. The quantitative estimate of drug-likeness (QED) is 0.816. The molecule has 0 spiro atoms. The summed E-state index contributed by atoms with van der Waals surface area (Å²) >= 11 is 0. The van der Waals surface area contributed by atoms with Crippen LogP contribution < -0.4 is 5.73 Å². The Bertz CT molecular complexity index is 287. The lowest BCUT2D eigenvalue weighted by Crippen LogP contribution is -2.55. The zero-order valence-corrected chi connectivity index (χ0v) is 12.3. The maximum absolute atomic E-state index is 6.17. The van der Waals surface area contributed by atoms with Crippen molar-refractivity contribution in [2.24, 2.45) is 28.9 Å². The van der Waals surface area contributed by atoms with E-state index < -0.39 is 0 Å². The monoisotopic (exact) mass is 238 g/mol. The molecule has 17 heavy (non-hydrogen) atoms. The van der Waals surface area contributed by atoms with Gasteiger partial charge >= 0.3 is 0 Å². The van der Waals surface area contributed by atoms with Gasteiger partial charge in [0.15, 0.2) is 0 Å². The lowest BCUT2D eigenvalue weighted by Gasteiger charge is -2.42.